The molecule has 20 heavy (non-hydrogen) atoms. The van der Waals surface area contributed by atoms with Crippen LogP contribution in [0.25, 0.3) is 0 Å². The third-order valence-corrected chi connectivity index (χ3v) is 5.26. The maximum atomic E-state index is 11.6. The van der Waals surface area contributed by atoms with Gasteiger partial charge < -0.3 is 34.3 Å². The highest BCUT2D eigenvalue weighted by Crippen LogP contribution is 2.54. The molecule has 1 heterocycles. The topological polar surface area (TPSA) is 108 Å². The first kappa shape index (κ1) is 17.3. The average molecular weight is 291 g/mol. The molecule has 5 atom stereocenters. The van der Waals surface area contributed by atoms with Crippen molar-refractivity contribution in [2.24, 2.45) is 0 Å². The number of carbonyl (C=O) groups excluding carboxylic acids is 1. The van der Waals surface area contributed by atoms with E-state index >= 15 is 0 Å². The van der Waals surface area contributed by atoms with Gasteiger partial charge in [0.15, 0.2) is 5.79 Å². The van der Waals surface area contributed by atoms with Crippen LogP contribution in [0.4, 0.5) is 0 Å². The normalized spacial score (nSPS) is 52.9. The number of aliphatic carboxylic acids is 1. The molecular weight excluding hydrogens is 268 g/mol. The number of hydrogen-bond acceptors (Lipinski definition) is 7. The first-order valence-corrected chi connectivity index (χ1v) is 6.24. The van der Waals surface area contributed by atoms with Crippen molar-refractivity contribution in [3.8, 4) is 0 Å². The van der Waals surface area contributed by atoms with Gasteiger partial charge in [-0.15, -0.1) is 0 Å². The second kappa shape index (κ2) is 4.38. The molecule has 0 bridgehead atoms. The lowest BCUT2D eigenvalue weighted by molar-refractivity contribution is -0.459. The van der Waals surface area contributed by atoms with E-state index in [1.165, 1.54) is 48.8 Å². The van der Waals surface area contributed by atoms with Gasteiger partial charge in [0, 0.05) is 14.2 Å². The van der Waals surface area contributed by atoms with Crippen LogP contribution in [-0.4, -0.2) is 58.6 Å². The van der Waals surface area contributed by atoms with Crippen molar-refractivity contribution in [2.45, 2.75) is 62.8 Å². The maximum Gasteiger partial charge on any atom is 0.198 e. The highest BCUT2D eigenvalue weighted by molar-refractivity contribution is 5.78. The molecule has 0 saturated carbocycles. The van der Waals surface area contributed by atoms with Gasteiger partial charge in [-0.25, -0.2) is 0 Å². The van der Waals surface area contributed by atoms with Crippen molar-refractivity contribution in [1.29, 1.82) is 0 Å². The number of aliphatic hydroxyl groups is 2. The van der Waals surface area contributed by atoms with Crippen molar-refractivity contribution in [3.05, 3.63) is 0 Å². The molecule has 2 N–H and O–H groups in total. The summed E-state index contributed by atoms with van der Waals surface area (Å²) in [5.74, 6) is -3.36. The Balaban J connectivity index is 3.67. The number of methoxy groups -OCH3 is 2. The highest BCUT2D eigenvalue weighted by Gasteiger charge is 2.75. The van der Waals surface area contributed by atoms with Gasteiger partial charge in [0.2, 0.25) is 0 Å². The van der Waals surface area contributed by atoms with Gasteiger partial charge in [-0.1, -0.05) is 0 Å². The van der Waals surface area contributed by atoms with E-state index in [2.05, 4.69) is 0 Å². The molecule has 0 aromatic carbocycles. The first-order chi connectivity index (χ1) is 8.77. The molecule has 7 heteroatoms. The van der Waals surface area contributed by atoms with Gasteiger partial charge in [-0.2, -0.15) is 0 Å². The molecule has 1 aliphatic rings. The minimum Gasteiger partial charge on any atom is -0.547 e. The lowest BCUT2D eigenvalue weighted by Crippen LogP contribution is -2.86. The average Bonchev–Trinajstić information content (AvgIpc) is 2.34. The monoisotopic (exact) mass is 291 g/mol. The summed E-state index contributed by atoms with van der Waals surface area (Å²) in [5, 5.41) is 33.1. The fourth-order valence-corrected chi connectivity index (χ4v) is 2.83. The number of ether oxygens (including phenoxy) is 3. The Morgan fingerprint density at radius 1 is 1.00 bits per heavy atom. The van der Waals surface area contributed by atoms with Crippen LogP contribution in [0.5, 0.6) is 0 Å². The summed E-state index contributed by atoms with van der Waals surface area (Å²) >= 11 is 0. The summed E-state index contributed by atoms with van der Waals surface area (Å²) in [7, 11) is 2.47. The summed E-state index contributed by atoms with van der Waals surface area (Å²) in [6.07, 6.45) is 0. The molecule has 1 aliphatic heterocycles. The third-order valence-electron chi connectivity index (χ3n) is 5.26. The summed E-state index contributed by atoms with van der Waals surface area (Å²) < 4.78 is 15.9. The van der Waals surface area contributed by atoms with Gasteiger partial charge in [0.25, 0.3) is 0 Å². The van der Waals surface area contributed by atoms with E-state index in [1.807, 2.05) is 0 Å². The van der Waals surface area contributed by atoms with Crippen LogP contribution < -0.4 is 5.11 Å². The van der Waals surface area contributed by atoms with Crippen LogP contribution in [0.1, 0.15) is 34.6 Å². The van der Waals surface area contributed by atoms with Crippen molar-refractivity contribution < 1.29 is 34.3 Å². The summed E-state index contributed by atoms with van der Waals surface area (Å²) in [6, 6.07) is 0. The van der Waals surface area contributed by atoms with E-state index in [9.17, 15) is 20.1 Å². The second-order valence-corrected chi connectivity index (χ2v) is 5.95. The van der Waals surface area contributed by atoms with Crippen molar-refractivity contribution >= 4 is 5.97 Å². The molecule has 0 radical (unpaired) electrons. The van der Waals surface area contributed by atoms with E-state index in [0.717, 1.165) is 0 Å². The zero-order valence-corrected chi connectivity index (χ0v) is 12.9. The molecule has 118 valence electrons. The van der Waals surface area contributed by atoms with Crippen LogP contribution in [0.3, 0.4) is 0 Å². The summed E-state index contributed by atoms with van der Waals surface area (Å²) in [4.78, 5) is 11.6. The largest absolute Gasteiger partial charge is 0.547 e. The second-order valence-electron chi connectivity index (χ2n) is 5.95. The number of carboxylic acid groups (broad SMARTS) is 1. The number of carboxylic acids is 1. The van der Waals surface area contributed by atoms with E-state index in [1.54, 1.807) is 0 Å². The van der Waals surface area contributed by atoms with Gasteiger partial charge in [0.1, 0.15) is 22.4 Å². The van der Waals surface area contributed by atoms with Crippen molar-refractivity contribution in [1.82, 2.24) is 0 Å². The van der Waals surface area contributed by atoms with E-state index < -0.39 is 34.2 Å². The zero-order chi connectivity index (χ0) is 16.2. The van der Waals surface area contributed by atoms with Gasteiger partial charge >= 0.3 is 0 Å². The van der Waals surface area contributed by atoms with Gasteiger partial charge in [-0.05, 0) is 34.6 Å². The van der Waals surface area contributed by atoms with Crippen LogP contribution in [-0.2, 0) is 19.0 Å². The third kappa shape index (κ3) is 1.61. The van der Waals surface area contributed by atoms with Crippen molar-refractivity contribution in [2.75, 3.05) is 14.2 Å². The number of rotatable bonds is 3. The minimum atomic E-state index is -2.04. The maximum absolute atomic E-state index is 11.6. The summed E-state index contributed by atoms with van der Waals surface area (Å²) in [6.45, 7) is 6.47. The minimum absolute atomic E-state index is 1.22. The molecule has 1 rings (SSSR count). The fraction of sp³-hybridized carbons (Fsp3) is 0.923. The standard InChI is InChI=1S/C13H24O7/c1-9(8(14)15)12(4,18-6)10(2,16)11(3,17)13(5,19-7)20-9/h16-17H,1-7H3,(H,14,15)/p-1/t9?,10?,11-,12-,13-/m1/s1. The fourth-order valence-electron chi connectivity index (χ4n) is 2.83. The number of hydrogen-bond donors (Lipinski definition) is 2. The molecule has 0 aromatic heterocycles. The van der Waals surface area contributed by atoms with E-state index in [-0.39, 0.29) is 0 Å². The number of carbonyl (C=O) groups is 1. The van der Waals surface area contributed by atoms with Crippen LogP contribution in [0.15, 0.2) is 0 Å². The molecule has 0 aliphatic carbocycles. The Bertz CT molecular complexity index is 419. The Morgan fingerprint density at radius 2 is 1.45 bits per heavy atom. The first-order valence-electron chi connectivity index (χ1n) is 6.24. The quantitative estimate of drug-likeness (QED) is 0.672. The molecule has 0 aromatic rings. The van der Waals surface area contributed by atoms with Gasteiger partial charge in [-0.3, -0.25) is 0 Å². The summed E-state index contributed by atoms with van der Waals surface area (Å²) in [5.41, 5.74) is -7.78. The molecule has 1 fully saturated rings. The molecular formula is C13H23O7-. The zero-order valence-electron chi connectivity index (χ0n) is 12.9. The molecule has 0 spiro atoms. The Labute approximate surface area is 118 Å². The smallest absolute Gasteiger partial charge is 0.198 e. The highest BCUT2D eigenvalue weighted by atomic mass is 16.7. The van der Waals surface area contributed by atoms with Crippen LogP contribution in [0.2, 0.25) is 0 Å². The molecule has 1 saturated heterocycles. The van der Waals surface area contributed by atoms with Crippen LogP contribution >= 0.6 is 0 Å². The van der Waals surface area contributed by atoms with E-state index in [0.29, 0.717) is 0 Å². The Morgan fingerprint density at radius 3 is 1.75 bits per heavy atom. The molecule has 7 nitrogen and oxygen atoms in total. The van der Waals surface area contributed by atoms with E-state index in [4.69, 9.17) is 14.2 Å². The van der Waals surface area contributed by atoms with Gasteiger partial charge in [0.05, 0.1) is 5.97 Å². The lowest BCUT2D eigenvalue weighted by Gasteiger charge is -2.66. The van der Waals surface area contributed by atoms with Crippen molar-refractivity contribution in [3.63, 3.8) is 0 Å². The predicted molar refractivity (Wildman–Crippen MR) is 66.6 cm³/mol. The SMILES string of the molecule is CO[C@]1(C)C(C)(C(=O)[O-])O[C@@](C)(OC)[C@](C)(O)C1(C)O. The Kier molecular flexibility index (Phi) is 3.79. The van der Waals surface area contributed by atoms with Crippen LogP contribution in [0, 0.1) is 0 Å². The predicted octanol–water partition coefficient (Wildman–Crippen LogP) is -1.21. The molecule has 2 unspecified atom stereocenters. The Hall–Kier alpha value is -0.730. The molecule has 0 amide bonds. The lowest BCUT2D eigenvalue weighted by atomic mass is 9.60.